The van der Waals surface area contributed by atoms with E-state index in [1.54, 1.807) is 0 Å². The van der Waals surface area contributed by atoms with Crippen molar-refractivity contribution in [1.29, 1.82) is 0 Å². The zero-order chi connectivity index (χ0) is 15.4. The highest BCUT2D eigenvalue weighted by Crippen LogP contribution is 2.12. The Morgan fingerprint density at radius 2 is 1.25 bits per heavy atom. The molecule has 0 rings (SSSR count). The highest BCUT2D eigenvalue weighted by atomic mass is 16.1. The Balaban J connectivity index is 3.90. The molecule has 1 heteroatoms. The number of carbonyl (C=O) groups excluding carboxylic acids is 1. The lowest BCUT2D eigenvalue weighted by molar-refractivity contribution is -0.105. The molecule has 0 aromatic rings. The Labute approximate surface area is 125 Å². The molecule has 0 aliphatic heterocycles. The molecule has 0 saturated heterocycles. The van der Waals surface area contributed by atoms with Gasteiger partial charge in [0.05, 0.1) is 0 Å². The van der Waals surface area contributed by atoms with Crippen molar-refractivity contribution in [3.8, 4) is 0 Å². The van der Waals surface area contributed by atoms with Crippen LogP contribution in [-0.2, 0) is 4.79 Å². The molecule has 0 spiro atoms. The summed E-state index contributed by atoms with van der Waals surface area (Å²) in [6, 6.07) is 0. The van der Waals surface area contributed by atoms with Crippen molar-refractivity contribution >= 4 is 6.29 Å². The second-order valence-corrected chi connectivity index (χ2v) is 5.77. The van der Waals surface area contributed by atoms with Crippen molar-refractivity contribution in [3.05, 3.63) is 47.1 Å². The Hall–Kier alpha value is -1.37. The SMILES string of the molecule is C=C(C=O)CCC=C(C)CCC=C(C)CCC=C(C)C. The van der Waals surface area contributed by atoms with Gasteiger partial charge in [-0.05, 0) is 71.8 Å². The lowest BCUT2D eigenvalue weighted by Crippen LogP contribution is -1.83. The lowest BCUT2D eigenvalue weighted by Gasteiger charge is -2.01. The highest BCUT2D eigenvalue weighted by Gasteiger charge is 1.93. The Kier molecular flexibility index (Phi) is 10.7. The summed E-state index contributed by atoms with van der Waals surface area (Å²) in [5.74, 6) is 0. The topological polar surface area (TPSA) is 17.1 Å². The summed E-state index contributed by atoms with van der Waals surface area (Å²) in [6.45, 7) is 12.4. The molecule has 0 bridgehead atoms. The van der Waals surface area contributed by atoms with Crippen LogP contribution in [0, 0.1) is 0 Å². The molecule has 0 aromatic heterocycles. The van der Waals surface area contributed by atoms with Crippen LogP contribution in [-0.4, -0.2) is 6.29 Å². The zero-order valence-electron chi connectivity index (χ0n) is 13.7. The van der Waals surface area contributed by atoms with E-state index in [0.29, 0.717) is 5.57 Å². The van der Waals surface area contributed by atoms with E-state index in [0.717, 1.165) is 44.8 Å². The maximum atomic E-state index is 10.4. The number of rotatable bonds is 10. The predicted molar refractivity (Wildman–Crippen MR) is 89.9 cm³/mol. The van der Waals surface area contributed by atoms with Gasteiger partial charge in [0.2, 0.25) is 0 Å². The van der Waals surface area contributed by atoms with Crippen LogP contribution < -0.4 is 0 Å². The molecule has 0 atom stereocenters. The Bertz CT molecular complexity index is 390. The van der Waals surface area contributed by atoms with Gasteiger partial charge in [0.15, 0.2) is 0 Å². The number of hydrogen-bond acceptors (Lipinski definition) is 1. The van der Waals surface area contributed by atoms with E-state index in [4.69, 9.17) is 0 Å². The van der Waals surface area contributed by atoms with Crippen LogP contribution in [0.4, 0.5) is 0 Å². The van der Waals surface area contributed by atoms with E-state index in [-0.39, 0.29) is 0 Å². The van der Waals surface area contributed by atoms with Crippen LogP contribution in [0.5, 0.6) is 0 Å². The van der Waals surface area contributed by atoms with Crippen LogP contribution in [0.25, 0.3) is 0 Å². The third-order valence-corrected chi connectivity index (χ3v) is 3.25. The van der Waals surface area contributed by atoms with Gasteiger partial charge in [0, 0.05) is 0 Å². The van der Waals surface area contributed by atoms with Crippen molar-refractivity contribution in [1.82, 2.24) is 0 Å². The van der Waals surface area contributed by atoms with Crippen LogP contribution >= 0.6 is 0 Å². The number of hydrogen-bond donors (Lipinski definition) is 0. The lowest BCUT2D eigenvalue weighted by atomic mass is 10.0. The molecule has 0 amide bonds. The van der Waals surface area contributed by atoms with Crippen molar-refractivity contribution in [2.24, 2.45) is 0 Å². The fraction of sp³-hybridized carbons (Fsp3) is 0.526. The van der Waals surface area contributed by atoms with Crippen LogP contribution in [0.2, 0.25) is 0 Å². The fourth-order valence-electron chi connectivity index (χ4n) is 1.90. The van der Waals surface area contributed by atoms with Gasteiger partial charge >= 0.3 is 0 Å². The first-order valence-corrected chi connectivity index (χ1v) is 7.53. The zero-order valence-corrected chi connectivity index (χ0v) is 13.7. The van der Waals surface area contributed by atoms with E-state index in [1.807, 2.05) is 0 Å². The highest BCUT2D eigenvalue weighted by molar-refractivity contribution is 5.71. The van der Waals surface area contributed by atoms with Crippen LogP contribution in [0.1, 0.15) is 66.2 Å². The molecule has 0 radical (unpaired) electrons. The van der Waals surface area contributed by atoms with Crippen molar-refractivity contribution in [2.45, 2.75) is 66.2 Å². The average molecular weight is 274 g/mol. The molecule has 0 aliphatic rings. The van der Waals surface area contributed by atoms with Crippen molar-refractivity contribution in [2.75, 3.05) is 0 Å². The minimum absolute atomic E-state index is 0.684. The summed E-state index contributed by atoms with van der Waals surface area (Å²) in [4.78, 5) is 10.4. The Morgan fingerprint density at radius 3 is 1.70 bits per heavy atom. The van der Waals surface area contributed by atoms with Gasteiger partial charge in [-0.2, -0.15) is 0 Å². The van der Waals surface area contributed by atoms with Gasteiger partial charge < -0.3 is 0 Å². The number of carbonyl (C=O) groups is 1. The maximum absolute atomic E-state index is 10.4. The fourth-order valence-corrected chi connectivity index (χ4v) is 1.90. The molecule has 20 heavy (non-hydrogen) atoms. The third-order valence-electron chi connectivity index (χ3n) is 3.25. The van der Waals surface area contributed by atoms with E-state index in [9.17, 15) is 4.79 Å². The minimum atomic E-state index is 0.684. The van der Waals surface area contributed by atoms with Crippen molar-refractivity contribution in [3.63, 3.8) is 0 Å². The van der Waals surface area contributed by atoms with E-state index >= 15 is 0 Å². The molecule has 0 unspecified atom stereocenters. The van der Waals surface area contributed by atoms with Gasteiger partial charge in [-0.25, -0.2) is 0 Å². The molecular weight excluding hydrogens is 244 g/mol. The average Bonchev–Trinajstić information content (AvgIpc) is 2.38. The molecule has 0 heterocycles. The van der Waals surface area contributed by atoms with Crippen molar-refractivity contribution < 1.29 is 4.79 Å². The Morgan fingerprint density at radius 1 is 0.800 bits per heavy atom. The summed E-state index contributed by atoms with van der Waals surface area (Å²) in [5.41, 5.74) is 4.96. The first-order chi connectivity index (χ1) is 9.45. The first kappa shape index (κ1) is 18.6. The summed E-state index contributed by atoms with van der Waals surface area (Å²) < 4.78 is 0. The van der Waals surface area contributed by atoms with E-state index in [1.165, 1.54) is 16.7 Å². The second-order valence-electron chi connectivity index (χ2n) is 5.77. The maximum Gasteiger partial charge on any atom is 0.145 e. The molecule has 1 nitrogen and oxygen atoms in total. The smallest absolute Gasteiger partial charge is 0.145 e. The number of allylic oxidation sites excluding steroid dienone is 7. The quantitative estimate of drug-likeness (QED) is 0.274. The van der Waals surface area contributed by atoms with Crippen LogP contribution in [0.3, 0.4) is 0 Å². The molecule has 112 valence electrons. The summed E-state index contributed by atoms with van der Waals surface area (Å²) in [6.07, 6.45) is 13.9. The monoisotopic (exact) mass is 274 g/mol. The standard InChI is InChI=1S/C19H30O/c1-16(2)9-6-10-17(3)11-7-12-18(4)13-8-14-19(5)15-20/h9,11,13,15H,5-8,10,12,14H2,1-4H3. The molecule has 0 N–H and O–H groups in total. The van der Waals surface area contributed by atoms with Gasteiger partial charge in [0.25, 0.3) is 0 Å². The largest absolute Gasteiger partial charge is 0.298 e. The minimum Gasteiger partial charge on any atom is -0.298 e. The number of aldehydes is 1. The summed E-state index contributed by atoms with van der Waals surface area (Å²) in [7, 11) is 0. The van der Waals surface area contributed by atoms with Gasteiger partial charge in [-0.1, -0.05) is 41.5 Å². The van der Waals surface area contributed by atoms with Gasteiger partial charge in [0.1, 0.15) is 6.29 Å². The summed E-state index contributed by atoms with van der Waals surface area (Å²) >= 11 is 0. The van der Waals surface area contributed by atoms with Gasteiger partial charge in [-0.3, -0.25) is 4.79 Å². The first-order valence-electron chi connectivity index (χ1n) is 7.53. The second kappa shape index (κ2) is 11.5. The molecule has 0 aromatic carbocycles. The molecule has 0 saturated carbocycles. The normalized spacial score (nSPS) is 12.2. The van der Waals surface area contributed by atoms with Gasteiger partial charge in [-0.15, -0.1) is 0 Å². The third kappa shape index (κ3) is 11.7. The molecule has 0 aliphatic carbocycles. The predicted octanol–water partition coefficient (Wildman–Crippen LogP) is 5.94. The molecule has 0 fully saturated rings. The van der Waals surface area contributed by atoms with Crippen LogP contribution in [0.15, 0.2) is 47.1 Å². The molecular formula is C19H30O. The summed E-state index contributed by atoms with van der Waals surface area (Å²) in [5, 5.41) is 0. The van der Waals surface area contributed by atoms with E-state index < -0.39 is 0 Å². The van der Waals surface area contributed by atoms with E-state index in [2.05, 4.69) is 52.5 Å².